The van der Waals surface area contributed by atoms with Crippen molar-refractivity contribution in [1.29, 1.82) is 0 Å². The summed E-state index contributed by atoms with van der Waals surface area (Å²) in [5.41, 5.74) is 3.11. The molecule has 0 atom stereocenters. The first-order valence-corrected chi connectivity index (χ1v) is 6.24. The van der Waals surface area contributed by atoms with Crippen molar-refractivity contribution < 1.29 is 14.3 Å². The van der Waals surface area contributed by atoms with Crippen LogP contribution in [-0.2, 0) is 14.3 Å². The number of carbonyl (C=O) groups excluding carboxylic acids is 2. The van der Waals surface area contributed by atoms with Crippen molar-refractivity contribution in [3.8, 4) is 0 Å². The SMILES string of the molecule is C=C/C(=C\C(=C/C)C(=O)C(=O)OC)c1ccccc1C. The van der Waals surface area contributed by atoms with Gasteiger partial charge in [-0.1, -0.05) is 43.0 Å². The van der Waals surface area contributed by atoms with Crippen LogP contribution in [-0.4, -0.2) is 18.9 Å². The van der Waals surface area contributed by atoms with Crippen LogP contribution in [0.3, 0.4) is 0 Å². The maximum atomic E-state index is 11.9. The lowest BCUT2D eigenvalue weighted by molar-refractivity contribution is -0.149. The molecule has 0 aliphatic rings. The van der Waals surface area contributed by atoms with E-state index in [4.69, 9.17) is 0 Å². The molecule has 104 valence electrons. The maximum Gasteiger partial charge on any atom is 0.379 e. The second-order valence-corrected chi connectivity index (χ2v) is 4.18. The molecular weight excluding hydrogens is 252 g/mol. The predicted octanol–water partition coefficient (Wildman–Crippen LogP) is 3.25. The summed E-state index contributed by atoms with van der Waals surface area (Å²) in [5.74, 6) is -1.54. The zero-order valence-corrected chi connectivity index (χ0v) is 12.0. The number of esters is 1. The summed E-state index contributed by atoms with van der Waals surface area (Å²) in [5, 5.41) is 0. The highest BCUT2D eigenvalue weighted by Crippen LogP contribution is 2.21. The summed E-state index contributed by atoms with van der Waals surface area (Å²) in [6.07, 6.45) is 4.89. The van der Waals surface area contributed by atoms with Gasteiger partial charge < -0.3 is 4.74 Å². The number of carbonyl (C=O) groups is 2. The molecule has 0 saturated carbocycles. The molecule has 0 radical (unpaired) electrons. The van der Waals surface area contributed by atoms with E-state index >= 15 is 0 Å². The van der Waals surface area contributed by atoms with Gasteiger partial charge in [0.1, 0.15) is 0 Å². The van der Waals surface area contributed by atoms with Gasteiger partial charge in [0.15, 0.2) is 0 Å². The minimum Gasteiger partial charge on any atom is -0.463 e. The summed E-state index contributed by atoms with van der Waals surface area (Å²) in [6, 6.07) is 7.77. The Morgan fingerprint density at radius 3 is 2.40 bits per heavy atom. The molecule has 0 saturated heterocycles. The van der Waals surface area contributed by atoms with E-state index in [0.717, 1.165) is 16.7 Å². The Kier molecular flexibility index (Phi) is 5.66. The number of ketones is 1. The number of methoxy groups -OCH3 is 1. The molecule has 0 aromatic heterocycles. The van der Waals surface area contributed by atoms with Crippen LogP contribution in [0.15, 0.2) is 54.6 Å². The van der Waals surface area contributed by atoms with Crippen molar-refractivity contribution >= 4 is 17.3 Å². The van der Waals surface area contributed by atoms with Crippen LogP contribution >= 0.6 is 0 Å². The van der Waals surface area contributed by atoms with Crippen molar-refractivity contribution in [2.75, 3.05) is 7.11 Å². The first kappa shape index (κ1) is 15.6. The molecule has 0 heterocycles. The van der Waals surface area contributed by atoms with Gasteiger partial charge in [0, 0.05) is 5.57 Å². The van der Waals surface area contributed by atoms with Gasteiger partial charge in [-0.3, -0.25) is 4.79 Å². The maximum absolute atomic E-state index is 11.9. The highest BCUT2D eigenvalue weighted by atomic mass is 16.5. The summed E-state index contributed by atoms with van der Waals surface area (Å²) in [7, 11) is 1.19. The third kappa shape index (κ3) is 3.54. The number of rotatable bonds is 5. The minimum absolute atomic E-state index is 0.287. The number of Topliss-reactive ketones (excluding diaryl/α,β-unsaturated/α-hetero) is 1. The molecule has 0 amide bonds. The molecule has 3 nitrogen and oxygen atoms in total. The number of benzene rings is 1. The largest absolute Gasteiger partial charge is 0.463 e. The number of hydrogen-bond donors (Lipinski definition) is 0. The fraction of sp³-hybridized carbons (Fsp3) is 0.176. The quantitative estimate of drug-likeness (QED) is 0.357. The van der Waals surface area contributed by atoms with Crippen LogP contribution in [0.2, 0.25) is 0 Å². The first-order chi connectivity index (χ1) is 9.54. The van der Waals surface area contributed by atoms with Gasteiger partial charge in [0.25, 0.3) is 5.78 Å². The zero-order valence-electron chi connectivity index (χ0n) is 12.0. The molecule has 1 rings (SSSR count). The third-order valence-electron chi connectivity index (χ3n) is 2.93. The normalized spacial score (nSPS) is 11.9. The predicted molar refractivity (Wildman–Crippen MR) is 80.1 cm³/mol. The second kappa shape index (κ2) is 7.24. The average molecular weight is 270 g/mol. The fourth-order valence-corrected chi connectivity index (χ4v) is 1.80. The van der Waals surface area contributed by atoms with Crippen molar-refractivity contribution in [2.45, 2.75) is 13.8 Å². The smallest absolute Gasteiger partial charge is 0.379 e. The molecule has 1 aromatic rings. The first-order valence-electron chi connectivity index (χ1n) is 6.24. The minimum atomic E-state index is -0.873. The molecule has 0 aliphatic carbocycles. The van der Waals surface area contributed by atoms with Crippen LogP contribution in [0.1, 0.15) is 18.1 Å². The monoisotopic (exact) mass is 270 g/mol. The van der Waals surface area contributed by atoms with Crippen LogP contribution in [0, 0.1) is 6.92 Å². The van der Waals surface area contributed by atoms with Crippen molar-refractivity contribution in [3.05, 3.63) is 65.8 Å². The molecule has 3 heteroatoms. The Bertz CT molecular complexity index is 592. The number of hydrogen-bond acceptors (Lipinski definition) is 3. The topological polar surface area (TPSA) is 43.4 Å². The fourth-order valence-electron chi connectivity index (χ4n) is 1.80. The lowest BCUT2D eigenvalue weighted by Gasteiger charge is -2.07. The zero-order chi connectivity index (χ0) is 15.1. The highest BCUT2D eigenvalue weighted by molar-refractivity contribution is 6.41. The van der Waals surface area contributed by atoms with Gasteiger partial charge >= 0.3 is 5.97 Å². The van der Waals surface area contributed by atoms with Gasteiger partial charge in [0.2, 0.25) is 0 Å². The van der Waals surface area contributed by atoms with Crippen LogP contribution in [0.5, 0.6) is 0 Å². The Balaban J connectivity index is 3.23. The van der Waals surface area contributed by atoms with Crippen molar-refractivity contribution in [3.63, 3.8) is 0 Å². The van der Waals surface area contributed by atoms with Gasteiger partial charge in [-0.05, 0) is 36.6 Å². The van der Waals surface area contributed by atoms with Gasteiger partial charge in [-0.25, -0.2) is 4.79 Å². The molecule has 0 aliphatic heterocycles. The van der Waals surface area contributed by atoms with E-state index < -0.39 is 11.8 Å². The highest BCUT2D eigenvalue weighted by Gasteiger charge is 2.17. The Labute approximate surface area is 119 Å². The number of ether oxygens (including phenoxy) is 1. The van der Waals surface area contributed by atoms with E-state index in [1.807, 2.05) is 31.2 Å². The molecule has 0 unspecified atom stereocenters. The van der Waals surface area contributed by atoms with E-state index in [-0.39, 0.29) is 5.57 Å². The summed E-state index contributed by atoms with van der Waals surface area (Å²) in [6.45, 7) is 7.44. The third-order valence-corrected chi connectivity index (χ3v) is 2.93. The van der Waals surface area contributed by atoms with E-state index in [0.29, 0.717) is 0 Å². The Morgan fingerprint density at radius 1 is 1.25 bits per heavy atom. The van der Waals surface area contributed by atoms with Crippen LogP contribution in [0.4, 0.5) is 0 Å². The Hall–Kier alpha value is -2.42. The molecule has 0 bridgehead atoms. The number of aryl methyl sites for hydroxylation is 1. The molecule has 1 aromatic carbocycles. The standard InChI is InChI=1S/C17H18O3/c1-5-13(15-10-8-7-9-12(15)3)11-14(6-2)16(18)17(19)20-4/h5-11H,1H2,2-4H3/b13-11+,14-6+. The molecule has 0 fully saturated rings. The van der Waals surface area contributed by atoms with Crippen molar-refractivity contribution in [1.82, 2.24) is 0 Å². The molecule has 0 N–H and O–H groups in total. The van der Waals surface area contributed by atoms with E-state index in [2.05, 4.69) is 11.3 Å². The molecular formula is C17H18O3. The van der Waals surface area contributed by atoms with Gasteiger partial charge in [-0.2, -0.15) is 0 Å². The van der Waals surface area contributed by atoms with Gasteiger partial charge in [0.05, 0.1) is 7.11 Å². The lowest BCUT2D eigenvalue weighted by Crippen LogP contribution is -2.17. The summed E-state index contributed by atoms with van der Waals surface area (Å²) in [4.78, 5) is 23.2. The van der Waals surface area contributed by atoms with Crippen molar-refractivity contribution in [2.24, 2.45) is 0 Å². The van der Waals surface area contributed by atoms with E-state index in [1.165, 1.54) is 7.11 Å². The number of allylic oxidation sites excluding steroid dienone is 4. The van der Waals surface area contributed by atoms with E-state index in [9.17, 15) is 9.59 Å². The molecule has 0 spiro atoms. The van der Waals surface area contributed by atoms with Gasteiger partial charge in [-0.15, -0.1) is 0 Å². The van der Waals surface area contributed by atoms with E-state index in [1.54, 1.807) is 25.2 Å². The summed E-state index contributed by atoms with van der Waals surface area (Å²) >= 11 is 0. The Morgan fingerprint density at radius 2 is 1.90 bits per heavy atom. The average Bonchev–Trinajstić information content (AvgIpc) is 2.48. The lowest BCUT2D eigenvalue weighted by atomic mass is 9.97. The van der Waals surface area contributed by atoms with Crippen LogP contribution in [0.25, 0.3) is 5.57 Å². The second-order valence-electron chi connectivity index (χ2n) is 4.18. The molecule has 20 heavy (non-hydrogen) atoms. The summed E-state index contributed by atoms with van der Waals surface area (Å²) < 4.78 is 4.46. The van der Waals surface area contributed by atoms with Crippen LogP contribution < -0.4 is 0 Å².